The Labute approximate surface area is 205 Å². The second-order valence-electron chi connectivity index (χ2n) is 8.57. The molecular formula is C25H31Cl2N5O. The van der Waals surface area contributed by atoms with Gasteiger partial charge in [0, 0.05) is 54.0 Å². The van der Waals surface area contributed by atoms with Crippen LogP contribution in [0.5, 0.6) is 0 Å². The number of hydrogen-bond donors (Lipinski definition) is 3. The molecular weight excluding hydrogens is 457 g/mol. The summed E-state index contributed by atoms with van der Waals surface area (Å²) < 4.78 is 0. The van der Waals surface area contributed by atoms with E-state index in [1.807, 2.05) is 30.3 Å². The standard InChI is InChI=1S/C25H31Cl2N5O/c26-20-8-5-18(23(27)17-20)11-12-29-24(33)19-6-9-22(10-7-19)31-25(30-21-3-1-2-4-21)32-15-13-28-14-16-32/h5-10,17,21,28H,1-4,11-16H2,(H,29,33)(H,30,31). The second kappa shape index (κ2) is 11.7. The number of nitrogens with zero attached hydrogens (tertiary/aromatic N) is 2. The van der Waals surface area contributed by atoms with Crippen LogP contribution < -0.4 is 16.0 Å². The number of rotatable bonds is 6. The van der Waals surface area contributed by atoms with Gasteiger partial charge in [0.2, 0.25) is 0 Å². The summed E-state index contributed by atoms with van der Waals surface area (Å²) in [5.74, 6) is 0.842. The van der Waals surface area contributed by atoms with Crippen molar-refractivity contribution in [2.24, 2.45) is 4.99 Å². The molecule has 1 saturated heterocycles. The topological polar surface area (TPSA) is 68.8 Å². The smallest absolute Gasteiger partial charge is 0.251 e. The van der Waals surface area contributed by atoms with Gasteiger partial charge < -0.3 is 20.9 Å². The maximum atomic E-state index is 12.6. The number of piperazine rings is 1. The highest BCUT2D eigenvalue weighted by atomic mass is 35.5. The van der Waals surface area contributed by atoms with E-state index in [1.54, 1.807) is 12.1 Å². The Morgan fingerprint density at radius 2 is 1.79 bits per heavy atom. The van der Waals surface area contributed by atoms with E-state index in [1.165, 1.54) is 12.8 Å². The number of carbonyl (C=O) groups is 1. The van der Waals surface area contributed by atoms with Gasteiger partial charge in [-0.1, -0.05) is 42.1 Å². The first-order valence-electron chi connectivity index (χ1n) is 11.7. The molecule has 1 heterocycles. The molecule has 33 heavy (non-hydrogen) atoms. The van der Waals surface area contributed by atoms with E-state index >= 15 is 0 Å². The maximum absolute atomic E-state index is 12.6. The van der Waals surface area contributed by atoms with E-state index in [0.717, 1.165) is 56.2 Å². The number of nitrogens with one attached hydrogen (secondary N) is 3. The van der Waals surface area contributed by atoms with E-state index in [0.29, 0.717) is 34.6 Å². The lowest BCUT2D eigenvalue weighted by Gasteiger charge is -2.31. The monoisotopic (exact) mass is 487 g/mol. The highest BCUT2D eigenvalue weighted by Crippen LogP contribution is 2.23. The Hall–Kier alpha value is -2.28. The Balaban J connectivity index is 1.34. The zero-order valence-corrected chi connectivity index (χ0v) is 20.3. The van der Waals surface area contributed by atoms with Gasteiger partial charge in [-0.3, -0.25) is 4.79 Å². The fourth-order valence-corrected chi connectivity index (χ4v) is 4.75. The largest absolute Gasteiger partial charge is 0.352 e. The number of amides is 1. The molecule has 2 aromatic carbocycles. The summed E-state index contributed by atoms with van der Waals surface area (Å²) in [4.78, 5) is 19.9. The Bertz CT molecular complexity index is 967. The Kier molecular flexibility index (Phi) is 8.48. The fraction of sp³-hybridized carbons (Fsp3) is 0.440. The summed E-state index contributed by atoms with van der Waals surface area (Å²) >= 11 is 12.1. The number of hydrogen-bond acceptors (Lipinski definition) is 3. The van der Waals surface area contributed by atoms with Gasteiger partial charge in [0.1, 0.15) is 0 Å². The predicted molar refractivity (Wildman–Crippen MR) is 137 cm³/mol. The van der Waals surface area contributed by atoms with Crippen molar-refractivity contribution >= 4 is 40.8 Å². The number of halogens is 2. The van der Waals surface area contributed by atoms with Crippen LogP contribution in [0.15, 0.2) is 47.5 Å². The molecule has 2 aliphatic rings. The van der Waals surface area contributed by atoms with Gasteiger partial charge in [0.25, 0.3) is 5.91 Å². The summed E-state index contributed by atoms with van der Waals surface area (Å²) in [6.07, 6.45) is 5.50. The minimum absolute atomic E-state index is 0.103. The summed E-state index contributed by atoms with van der Waals surface area (Å²) in [6.45, 7) is 4.31. The second-order valence-corrected chi connectivity index (χ2v) is 9.42. The third-order valence-electron chi connectivity index (χ3n) is 6.14. The van der Waals surface area contributed by atoms with Crippen molar-refractivity contribution in [2.75, 3.05) is 38.0 Å². The molecule has 1 aliphatic carbocycles. The molecule has 1 amide bonds. The summed E-state index contributed by atoms with van der Waals surface area (Å²) in [5, 5.41) is 11.1. The van der Waals surface area contributed by atoms with Gasteiger partial charge in [-0.15, -0.1) is 0 Å². The number of anilines is 1. The quantitative estimate of drug-likeness (QED) is 0.411. The molecule has 4 rings (SSSR count). The third kappa shape index (κ3) is 6.85. The van der Waals surface area contributed by atoms with E-state index < -0.39 is 0 Å². The van der Waals surface area contributed by atoms with Crippen molar-refractivity contribution in [3.63, 3.8) is 0 Å². The molecule has 0 unspecified atom stereocenters. The highest BCUT2D eigenvalue weighted by molar-refractivity contribution is 6.35. The molecule has 0 spiro atoms. The minimum atomic E-state index is -0.103. The first-order chi connectivity index (χ1) is 16.1. The molecule has 0 aromatic heterocycles. The van der Waals surface area contributed by atoms with Gasteiger partial charge in [0.15, 0.2) is 5.96 Å². The average molecular weight is 488 g/mol. The zero-order chi connectivity index (χ0) is 23.0. The van der Waals surface area contributed by atoms with Crippen LogP contribution in [0.3, 0.4) is 0 Å². The van der Waals surface area contributed by atoms with Crippen molar-refractivity contribution in [1.29, 1.82) is 0 Å². The van der Waals surface area contributed by atoms with Gasteiger partial charge in [0.05, 0.1) is 6.04 Å². The molecule has 2 aromatic rings. The van der Waals surface area contributed by atoms with Crippen LogP contribution in [-0.2, 0) is 6.42 Å². The average Bonchev–Trinajstić information content (AvgIpc) is 3.34. The van der Waals surface area contributed by atoms with Gasteiger partial charge >= 0.3 is 0 Å². The molecule has 1 saturated carbocycles. The molecule has 0 bridgehead atoms. The Morgan fingerprint density at radius 1 is 1.06 bits per heavy atom. The normalized spacial score (nSPS) is 17.3. The van der Waals surface area contributed by atoms with E-state index in [2.05, 4.69) is 20.9 Å². The van der Waals surface area contributed by atoms with Crippen LogP contribution in [0.25, 0.3) is 0 Å². The van der Waals surface area contributed by atoms with Crippen LogP contribution in [0.2, 0.25) is 10.0 Å². The summed E-state index contributed by atoms with van der Waals surface area (Å²) in [5.41, 5.74) is 2.52. The third-order valence-corrected chi connectivity index (χ3v) is 6.73. The first kappa shape index (κ1) is 23.9. The number of benzene rings is 2. The molecule has 6 nitrogen and oxygen atoms in total. The lowest BCUT2D eigenvalue weighted by Crippen LogP contribution is -2.49. The minimum Gasteiger partial charge on any atom is -0.352 e. The maximum Gasteiger partial charge on any atom is 0.251 e. The van der Waals surface area contributed by atoms with Crippen molar-refractivity contribution in [2.45, 2.75) is 38.1 Å². The van der Waals surface area contributed by atoms with Crippen LogP contribution in [0.4, 0.5) is 5.69 Å². The van der Waals surface area contributed by atoms with Crippen molar-refractivity contribution in [1.82, 2.24) is 15.5 Å². The van der Waals surface area contributed by atoms with Crippen LogP contribution in [0.1, 0.15) is 41.6 Å². The van der Waals surface area contributed by atoms with E-state index in [4.69, 9.17) is 28.2 Å². The molecule has 2 fully saturated rings. The lowest BCUT2D eigenvalue weighted by atomic mass is 10.1. The van der Waals surface area contributed by atoms with Crippen molar-refractivity contribution < 1.29 is 4.79 Å². The van der Waals surface area contributed by atoms with Crippen LogP contribution in [0, 0.1) is 0 Å². The molecule has 1 aliphatic heterocycles. The lowest BCUT2D eigenvalue weighted by molar-refractivity contribution is 0.0954. The zero-order valence-electron chi connectivity index (χ0n) is 18.7. The van der Waals surface area contributed by atoms with Gasteiger partial charge in [-0.2, -0.15) is 0 Å². The predicted octanol–water partition coefficient (Wildman–Crippen LogP) is 4.58. The van der Waals surface area contributed by atoms with E-state index in [-0.39, 0.29) is 5.91 Å². The van der Waals surface area contributed by atoms with Gasteiger partial charge in [-0.25, -0.2) is 4.99 Å². The highest BCUT2D eigenvalue weighted by Gasteiger charge is 2.20. The molecule has 0 atom stereocenters. The SMILES string of the molecule is O=C(NCCc1ccc(Cl)cc1Cl)c1ccc(N/C(=N/C2CCCC2)N2CCNCC2)cc1. The Morgan fingerprint density at radius 3 is 2.48 bits per heavy atom. The molecule has 176 valence electrons. The summed E-state index contributed by atoms with van der Waals surface area (Å²) in [7, 11) is 0. The fourth-order valence-electron chi connectivity index (χ4n) is 4.25. The molecule has 3 N–H and O–H groups in total. The molecule has 0 radical (unpaired) electrons. The number of carbonyl (C=O) groups excluding carboxylic acids is 1. The van der Waals surface area contributed by atoms with Crippen LogP contribution in [-0.4, -0.2) is 55.5 Å². The van der Waals surface area contributed by atoms with Crippen molar-refractivity contribution in [3.8, 4) is 0 Å². The first-order valence-corrected chi connectivity index (χ1v) is 12.5. The van der Waals surface area contributed by atoms with E-state index in [9.17, 15) is 4.79 Å². The molecule has 8 heteroatoms. The summed E-state index contributed by atoms with van der Waals surface area (Å²) in [6, 6.07) is 13.4. The van der Waals surface area contributed by atoms with Crippen molar-refractivity contribution in [3.05, 3.63) is 63.6 Å². The van der Waals surface area contributed by atoms with Gasteiger partial charge in [-0.05, 0) is 61.2 Å². The van der Waals surface area contributed by atoms with Crippen LogP contribution >= 0.6 is 23.2 Å². The number of aliphatic imine (C=N–C) groups is 1. The number of guanidine groups is 1.